The summed E-state index contributed by atoms with van der Waals surface area (Å²) in [5, 5.41) is 10.9. The van der Waals surface area contributed by atoms with Crippen LogP contribution >= 0.6 is 0 Å². The third-order valence-electron chi connectivity index (χ3n) is 4.05. The molecule has 70 valence electrons. The van der Waals surface area contributed by atoms with Gasteiger partial charge in [0.1, 0.15) is 0 Å². The van der Waals surface area contributed by atoms with Crippen LogP contribution in [0.5, 0.6) is 0 Å². The number of hydrogen-bond acceptors (Lipinski definition) is 2. The summed E-state index contributed by atoms with van der Waals surface area (Å²) in [6.07, 6.45) is 10.2. The average Bonchev–Trinajstić information content (AvgIpc) is 2.74. The largest absolute Gasteiger partial charge is 0.265 e. The third-order valence-corrected chi connectivity index (χ3v) is 4.05. The molecular formula is C10H15N3. The molecular weight excluding hydrogens is 162 g/mol. The highest BCUT2D eigenvalue weighted by Gasteiger charge is 2.42. The molecule has 1 heterocycles. The number of nitrogens with zero attached hydrogens (tertiary/aromatic N) is 2. The number of fused-ring (bicyclic) bond motifs is 3. The van der Waals surface area contributed by atoms with Gasteiger partial charge in [0.25, 0.3) is 0 Å². The SMILES string of the molecule is c1[nH]nnc1C12CCC(CC1)CC2. The molecule has 4 rings (SSSR count). The van der Waals surface area contributed by atoms with Crippen LogP contribution in [0.15, 0.2) is 6.20 Å². The van der Waals surface area contributed by atoms with E-state index in [-0.39, 0.29) is 0 Å². The molecule has 1 aromatic rings. The summed E-state index contributed by atoms with van der Waals surface area (Å²) in [7, 11) is 0. The fourth-order valence-corrected chi connectivity index (χ4v) is 3.09. The van der Waals surface area contributed by atoms with Gasteiger partial charge >= 0.3 is 0 Å². The maximum absolute atomic E-state index is 4.20. The monoisotopic (exact) mass is 177 g/mol. The van der Waals surface area contributed by atoms with Crippen molar-refractivity contribution >= 4 is 0 Å². The molecule has 3 nitrogen and oxygen atoms in total. The number of nitrogens with one attached hydrogen (secondary N) is 1. The molecule has 0 spiro atoms. The number of aromatic amines is 1. The van der Waals surface area contributed by atoms with E-state index in [1.807, 2.05) is 6.20 Å². The molecule has 0 unspecified atom stereocenters. The van der Waals surface area contributed by atoms with Crippen molar-refractivity contribution in [3.8, 4) is 0 Å². The van der Waals surface area contributed by atoms with Gasteiger partial charge in [0.05, 0.1) is 5.69 Å². The quantitative estimate of drug-likeness (QED) is 0.713. The molecule has 13 heavy (non-hydrogen) atoms. The maximum Gasteiger partial charge on any atom is 0.0886 e. The van der Waals surface area contributed by atoms with E-state index in [1.54, 1.807) is 0 Å². The van der Waals surface area contributed by atoms with Crippen molar-refractivity contribution in [3.05, 3.63) is 11.9 Å². The van der Waals surface area contributed by atoms with Gasteiger partial charge in [0, 0.05) is 11.6 Å². The molecule has 3 heteroatoms. The van der Waals surface area contributed by atoms with Crippen molar-refractivity contribution in [2.45, 2.75) is 43.9 Å². The third kappa shape index (κ3) is 1.02. The van der Waals surface area contributed by atoms with Gasteiger partial charge in [-0.25, -0.2) is 0 Å². The zero-order valence-corrected chi connectivity index (χ0v) is 7.79. The lowest BCUT2D eigenvalue weighted by Gasteiger charge is -2.45. The van der Waals surface area contributed by atoms with E-state index < -0.39 is 0 Å². The second-order valence-electron chi connectivity index (χ2n) is 4.62. The number of hydrogen-bond donors (Lipinski definition) is 1. The average molecular weight is 177 g/mol. The summed E-state index contributed by atoms with van der Waals surface area (Å²) in [5.41, 5.74) is 1.62. The number of rotatable bonds is 1. The van der Waals surface area contributed by atoms with Crippen LogP contribution in [0.4, 0.5) is 0 Å². The van der Waals surface area contributed by atoms with Gasteiger partial charge in [0.2, 0.25) is 0 Å². The molecule has 3 saturated carbocycles. The second kappa shape index (κ2) is 2.56. The predicted octanol–water partition coefficient (Wildman–Crippen LogP) is 2.03. The summed E-state index contributed by atoms with van der Waals surface area (Å²) >= 11 is 0. The van der Waals surface area contributed by atoms with Crippen molar-refractivity contribution in [1.29, 1.82) is 0 Å². The normalized spacial score (nSPS) is 38.0. The lowest BCUT2D eigenvalue weighted by Crippen LogP contribution is -2.37. The highest BCUT2D eigenvalue weighted by Crippen LogP contribution is 2.50. The van der Waals surface area contributed by atoms with E-state index in [9.17, 15) is 0 Å². The summed E-state index contributed by atoms with van der Waals surface area (Å²) in [6.45, 7) is 0. The molecule has 0 radical (unpaired) electrons. The topological polar surface area (TPSA) is 41.6 Å². The van der Waals surface area contributed by atoms with Crippen LogP contribution in [0.1, 0.15) is 44.2 Å². The van der Waals surface area contributed by atoms with Crippen molar-refractivity contribution < 1.29 is 0 Å². The van der Waals surface area contributed by atoms with Crippen LogP contribution in [-0.2, 0) is 5.41 Å². The highest BCUT2D eigenvalue weighted by molar-refractivity contribution is 5.15. The molecule has 3 fully saturated rings. The molecule has 0 aliphatic heterocycles. The zero-order chi connectivity index (χ0) is 8.73. The second-order valence-corrected chi connectivity index (χ2v) is 4.62. The highest BCUT2D eigenvalue weighted by atomic mass is 15.3. The van der Waals surface area contributed by atoms with E-state index in [4.69, 9.17) is 0 Å². The first kappa shape index (κ1) is 7.54. The van der Waals surface area contributed by atoms with Crippen LogP contribution in [-0.4, -0.2) is 15.4 Å². The van der Waals surface area contributed by atoms with Crippen molar-refractivity contribution in [2.24, 2.45) is 5.92 Å². The van der Waals surface area contributed by atoms with Crippen LogP contribution in [0.3, 0.4) is 0 Å². The number of H-pyrrole nitrogens is 1. The Hall–Kier alpha value is -0.860. The fourth-order valence-electron chi connectivity index (χ4n) is 3.09. The maximum atomic E-state index is 4.20. The van der Waals surface area contributed by atoms with Gasteiger partial charge in [-0.15, -0.1) is 5.10 Å². The summed E-state index contributed by atoms with van der Waals surface area (Å²) < 4.78 is 0. The lowest BCUT2D eigenvalue weighted by atomic mass is 9.59. The smallest absolute Gasteiger partial charge is 0.0886 e. The molecule has 0 saturated heterocycles. The molecule has 3 aliphatic carbocycles. The van der Waals surface area contributed by atoms with E-state index >= 15 is 0 Å². The Balaban J connectivity index is 1.95. The summed E-state index contributed by atoms with van der Waals surface area (Å²) in [6, 6.07) is 0. The van der Waals surface area contributed by atoms with Gasteiger partial charge in [0.15, 0.2) is 0 Å². The van der Waals surface area contributed by atoms with E-state index in [2.05, 4.69) is 15.4 Å². The van der Waals surface area contributed by atoms with Crippen LogP contribution in [0.25, 0.3) is 0 Å². The first-order chi connectivity index (χ1) is 6.39. The zero-order valence-electron chi connectivity index (χ0n) is 7.79. The van der Waals surface area contributed by atoms with Crippen molar-refractivity contribution in [3.63, 3.8) is 0 Å². The van der Waals surface area contributed by atoms with Gasteiger partial charge in [-0.2, -0.15) is 0 Å². The van der Waals surface area contributed by atoms with Crippen LogP contribution in [0, 0.1) is 5.92 Å². The molecule has 2 bridgehead atoms. The Morgan fingerprint density at radius 1 is 1.23 bits per heavy atom. The van der Waals surface area contributed by atoms with Crippen LogP contribution < -0.4 is 0 Å². The van der Waals surface area contributed by atoms with Crippen LogP contribution in [0.2, 0.25) is 0 Å². The Morgan fingerprint density at radius 3 is 2.46 bits per heavy atom. The molecule has 0 aromatic carbocycles. The van der Waals surface area contributed by atoms with E-state index in [0.717, 1.165) is 5.92 Å². The summed E-state index contributed by atoms with van der Waals surface area (Å²) in [4.78, 5) is 0. The fraction of sp³-hybridized carbons (Fsp3) is 0.800. The molecule has 0 amide bonds. The predicted molar refractivity (Wildman–Crippen MR) is 49.3 cm³/mol. The Morgan fingerprint density at radius 2 is 1.92 bits per heavy atom. The lowest BCUT2D eigenvalue weighted by molar-refractivity contribution is 0.132. The first-order valence-corrected chi connectivity index (χ1v) is 5.26. The van der Waals surface area contributed by atoms with Gasteiger partial charge in [-0.3, -0.25) is 5.10 Å². The minimum atomic E-state index is 0.405. The Bertz CT molecular complexity index is 269. The number of aromatic nitrogens is 3. The minimum absolute atomic E-state index is 0.405. The Kier molecular flexibility index (Phi) is 1.49. The standard InChI is InChI=1S/C10H15N3/c1-4-10(9-7-11-13-12-9)5-2-8(1)3-6-10/h7-8H,1-6H2,(H,11,12,13). The first-order valence-electron chi connectivity index (χ1n) is 5.26. The Labute approximate surface area is 77.9 Å². The molecule has 1 aromatic heterocycles. The van der Waals surface area contributed by atoms with E-state index in [0.29, 0.717) is 5.41 Å². The van der Waals surface area contributed by atoms with Gasteiger partial charge in [-0.1, -0.05) is 5.21 Å². The van der Waals surface area contributed by atoms with Gasteiger partial charge < -0.3 is 0 Å². The van der Waals surface area contributed by atoms with Gasteiger partial charge in [-0.05, 0) is 44.4 Å². The molecule has 3 aliphatic rings. The minimum Gasteiger partial charge on any atom is -0.265 e. The van der Waals surface area contributed by atoms with E-state index in [1.165, 1.54) is 44.2 Å². The molecule has 1 N–H and O–H groups in total. The molecule has 0 atom stereocenters. The van der Waals surface area contributed by atoms with Crippen molar-refractivity contribution in [2.75, 3.05) is 0 Å². The summed E-state index contributed by atoms with van der Waals surface area (Å²) in [5.74, 6) is 1.02. The van der Waals surface area contributed by atoms with Crippen molar-refractivity contribution in [1.82, 2.24) is 15.4 Å².